The van der Waals surface area contributed by atoms with E-state index in [4.69, 9.17) is 16.3 Å². The Balaban J connectivity index is 1.74. The average molecular weight is 415 g/mol. The van der Waals surface area contributed by atoms with Gasteiger partial charge in [-0.2, -0.15) is 0 Å². The summed E-state index contributed by atoms with van der Waals surface area (Å²) in [5, 5.41) is 1.44. The maximum atomic E-state index is 12.9. The number of amides is 1. The van der Waals surface area contributed by atoms with Crippen molar-refractivity contribution < 1.29 is 14.3 Å². The summed E-state index contributed by atoms with van der Waals surface area (Å²) in [5.41, 5.74) is 3.03. The van der Waals surface area contributed by atoms with Crippen molar-refractivity contribution >= 4 is 34.8 Å². The second-order valence-corrected chi connectivity index (χ2v) is 7.73. The molecule has 0 aliphatic carbocycles. The fraction of sp³-hybridized carbons (Fsp3) is 0.190. The first-order valence-corrected chi connectivity index (χ1v) is 9.74. The van der Waals surface area contributed by atoms with Gasteiger partial charge in [-0.15, -0.1) is 11.3 Å². The van der Waals surface area contributed by atoms with Gasteiger partial charge in [0.2, 0.25) is 0 Å². The SMILES string of the molecule is COC(=O)c1ccc(CN(C)C(=O)c2sc(-c3ccc(Cl)cc3)nc2C)cc1. The molecule has 0 fully saturated rings. The van der Waals surface area contributed by atoms with Crippen LogP contribution in [0.5, 0.6) is 0 Å². The first kappa shape index (κ1) is 20.0. The van der Waals surface area contributed by atoms with Gasteiger partial charge in [0.05, 0.1) is 18.4 Å². The molecule has 3 rings (SSSR count). The molecular formula is C21H19ClN2O3S. The number of aromatic nitrogens is 1. The van der Waals surface area contributed by atoms with Crippen LogP contribution in [-0.4, -0.2) is 35.9 Å². The van der Waals surface area contributed by atoms with Gasteiger partial charge in [0.1, 0.15) is 9.88 Å². The normalized spacial score (nSPS) is 10.6. The number of ether oxygens (including phenoxy) is 1. The highest BCUT2D eigenvalue weighted by molar-refractivity contribution is 7.17. The highest BCUT2D eigenvalue weighted by Crippen LogP contribution is 2.29. The van der Waals surface area contributed by atoms with Crippen LogP contribution in [0, 0.1) is 6.92 Å². The standard InChI is InChI=1S/C21H19ClN2O3S/c1-13-18(28-19(23-13)15-8-10-17(22)11-9-15)20(25)24(2)12-14-4-6-16(7-5-14)21(26)27-3/h4-11H,12H2,1-3H3. The monoisotopic (exact) mass is 414 g/mol. The van der Waals surface area contributed by atoms with Crippen molar-refractivity contribution in [2.75, 3.05) is 14.2 Å². The van der Waals surface area contributed by atoms with Crippen molar-refractivity contribution in [3.05, 3.63) is 75.3 Å². The van der Waals surface area contributed by atoms with E-state index >= 15 is 0 Å². The summed E-state index contributed by atoms with van der Waals surface area (Å²) in [6.45, 7) is 2.26. The van der Waals surface area contributed by atoms with Gasteiger partial charge in [0.25, 0.3) is 5.91 Å². The molecule has 0 N–H and O–H groups in total. The first-order valence-electron chi connectivity index (χ1n) is 8.55. The van der Waals surface area contributed by atoms with Crippen LogP contribution in [0.25, 0.3) is 10.6 Å². The fourth-order valence-electron chi connectivity index (χ4n) is 2.69. The lowest BCUT2D eigenvalue weighted by atomic mass is 10.1. The van der Waals surface area contributed by atoms with Crippen LogP contribution < -0.4 is 0 Å². The Morgan fingerprint density at radius 2 is 1.75 bits per heavy atom. The van der Waals surface area contributed by atoms with Gasteiger partial charge in [-0.05, 0) is 36.8 Å². The van der Waals surface area contributed by atoms with Gasteiger partial charge in [-0.3, -0.25) is 4.79 Å². The van der Waals surface area contributed by atoms with E-state index in [0.717, 1.165) is 16.1 Å². The van der Waals surface area contributed by atoms with E-state index in [9.17, 15) is 9.59 Å². The van der Waals surface area contributed by atoms with Gasteiger partial charge in [-0.25, -0.2) is 9.78 Å². The molecule has 0 saturated heterocycles. The van der Waals surface area contributed by atoms with Gasteiger partial charge in [0.15, 0.2) is 0 Å². The van der Waals surface area contributed by atoms with Crippen LogP contribution in [0.4, 0.5) is 0 Å². The van der Waals surface area contributed by atoms with Gasteiger partial charge in [-0.1, -0.05) is 35.9 Å². The molecule has 0 saturated carbocycles. The maximum absolute atomic E-state index is 12.9. The molecule has 0 aliphatic rings. The third-order valence-electron chi connectivity index (χ3n) is 4.22. The van der Waals surface area contributed by atoms with Gasteiger partial charge < -0.3 is 9.64 Å². The molecule has 1 amide bonds. The Hall–Kier alpha value is -2.70. The average Bonchev–Trinajstić information content (AvgIpc) is 3.09. The predicted molar refractivity (Wildman–Crippen MR) is 111 cm³/mol. The summed E-state index contributed by atoms with van der Waals surface area (Å²) in [5.74, 6) is -0.474. The molecule has 0 radical (unpaired) electrons. The number of halogens is 1. The molecule has 1 aromatic heterocycles. The third-order valence-corrected chi connectivity index (χ3v) is 5.67. The molecule has 1 heterocycles. The molecule has 5 nitrogen and oxygen atoms in total. The van der Waals surface area contributed by atoms with E-state index < -0.39 is 0 Å². The number of methoxy groups -OCH3 is 1. The van der Waals surface area contributed by atoms with Crippen LogP contribution in [0.1, 0.15) is 31.3 Å². The number of carbonyl (C=O) groups is 2. The van der Waals surface area contributed by atoms with Crippen molar-refractivity contribution in [3.8, 4) is 10.6 Å². The van der Waals surface area contributed by atoms with E-state index in [0.29, 0.717) is 27.7 Å². The van der Waals surface area contributed by atoms with Crippen LogP contribution in [-0.2, 0) is 11.3 Å². The number of benzene rings is 2. The number of thiazole rings is 1. The second kappa shape index (κ2) is 8.54. The third kappa shape index (κ3) is 4.40. The highest BCUT2D eigenvalue weighted by Gasteiger charge is 2.20. The summed E-state index contributed by atoms with van der Waals surface area (Å²) < 4.78 is 4.70. The number of hydrogen-bond acceptors (Lipinski definition) is 5. The summed E-state index contributed by atoms with van der Waals surface area (Å²) >= 11 is 7.30. The molecule has 0 unspecified atom stereocenters. The summed E-state index contributed by atoms with van der Waals surface area (Å²) in [7, 11) is 3.09. The molecule has 3 aromatic rings. The van der Waals surface area contributed by atoms with Crippen molar-refractivity contribution in [2.45, 2.75) is 13.5 Å². The van der Waals surface area contributed by atoms with Crippen molar-refractivity contribution in [3.63, 3.8) is 0 Å². The lowest BCUT2D eigenvalue weighted by Crippen LogP contribution is -2.26. The summed E-state index contributed by atoms with van der Waals surface area (Å²) in [6, 6.07) is 14.4. The van der Waals surface area contributed by atoms with Gasteiger partial charge >= 0.3 is 5.97 Å². The second-order valence-electron chi connectivity index (χ2n) is 6.29. The fourth-order valence-corrected chi connectivity index (χ4v) is 3.89. The highest BCUT2D eigenvalue weighted by atomic mass is 35.5. The zero-order valence-corrected chi connectivity index (χ0v) is 17.3. The summed E-state index contributed by atoms with van der Waals surface area (Å²) in [4.78, 5) is 31.2. The number of nitrogens with zero attached hydrogens (tertiary/aromatic N) is 2. The number of carbonyl (C=O) groups excluding carboxylic acids is 2. The number of esters is 1. The Morgan fingerprint density at radius 3 is 2.36 bits per heavy atom. The first-order chi connectivity index (χ1) is 13.4. The predicted octanol–water partition coefficient (Wildman–Crippen LogP) is 4.83. The Bertz CT molecular complexity index is 997. The van der Waals surface area contributed by atoms with Crippen molar-refractivity contribution in [1.29, 1.82) is 0 Å². The molecule has 0 atom stereocenters. The molecule has 0 spiro atoms. The van der Waals surface area contributed by atoms with Crippen LogP contribution in [0.3, 0.4) is 0 Å². The minimum Gasteiger partial charge on any atom is -0.465 e. The van der Waals surface area contributed by atoms with Crippen LogP contribution in [0.2, 0.25) is 5.02 Å². The zero-order chi connectivity index (χ0) is 20.3. The van der Waals surface area contributed by atoms with Crippen LogP contribution in [0.15, 0.2) is 48.5 Å². The molecule has 0 aliphatic heterocycles. The van der Waals surface area contributed by atoms with Gasteiger partial charge in [0, 0.05) is 24.2 Å². The molecular weight excluding hydrogens is 396 g/mol. The zero-order valence-electron chi connectivity index (χ0n) is 15.7. The van der Waals surface area contributed by atoms with E-state index in [-0.39, 0.29) is 11.9 Å². The molecule has 28 heavy (non-hydrogen) atoms. The Kier molecular flexibility index (Phi) is 6.11. The Labute approximate surface area is 172 Å². The largest absolute Gasteiger partial charge is 0.465 e. The van der Waals surface area contributed by atoms with E-state index in [1.165, 1.54) is 18.4 Å². The lowest BCUT2D eigenvalue weighted by molar-refractivity contribution is 0.0600. The molecule has 2 aromatic carbocycles. The molecule has 7 heteroatoms. The molecule has 0 bridgehead atoms. The van der Waals surface area contributed by atoms with Crippen LogP contribution >= 0.6 is 22.9 Å². The lowest BCUT2D eigenvalue weighted by Gasteiger charge is -2.16. The Morgan fingerprint density at radius 1 is 1.11 bits per heavy atom. The maximum Gasteiger partial charge on any atom is 0.337 e. The summed E-state index contributed by atoms with van der Waals surface area (Å²) in [6.07, 6.45) is 0. The number of aryl methyl sites for hydroxylation is 1. The van der Waals surface area contributed by atoms with E-state index in [1.807, 2.05) is 31.2 Å². The quantitative estimate of drug-likeness (QED) is 0.561. The van der Waals surface area contributed by atoms with Crippen molar-refractivity contribution in [2.24, 2.45) is 0 Å². The number of hydrogen-bond donors (Lipinski definition) is 0. The minimum absolute atomic E-state index is 0.0905. The number of rotatable bonds is 5. The van der Waals surface area contributed by atoms with E-state index in [2.05, 4.69) is 4.98 Å². The molecule has 144 valence electrons. The van der Waals surface area contributed by atoms with Crippen molar-refractivity contribution in [1.82, 2.24) is 9.88 Å². The topological polar surface area (TPSA) is 59.5 Å². The smallest absolute Gasteiger partial charge is 0.337 e. The van der Waals surface area contributed by atoms with E-state index in [1.54, 1.807) is 36.2 Å². The minimum atomic E-state index is -0.383.